The van der Waals surface area contributed by atoms with Gasteiger partial charge in [-0.15, -0.1) is 0 Å². The van der Waals surface area contributed by atoms with E-state index in [2.05, 4.69) is 5.32 Å². The normalized spacial score (nSPS) is 16.1. The van der Waals surface area contributed by atoms with E-state index in [4.69, 9.17) is 11.6 Å². The number of Topliss-reactive ketones (excluding diaryl/α,β-unsaturated/α-hetero) is 1. The van der Waals surface area contributed by atoms with Crippen LogP contribution in [0.1, 0.15) is 34.0 Å². The Bertz CT molecular complexity index is 885. The molecule has 0 amide bonds. The summed E-state index contributed by atoms with van der Waals surface area (Å²) in [5.41, 5.74) is 4.06. The molecule has 0 saturated carbocycles. The van der Waals surface area contributed by atoms with Crippen LogP contribution in [-0.2, 0) is 19.4 Å². The number of anilines is 1. The fraction of sp³-hybridized carbons (Fsp3) is 0.381. The summed E-state index contributed by atoms with van der Waals surface area (Å²) in [5, 5.41) is 13.4. The molecule has 3 rings (SSSR count). The van der Waals surface area contributed by atoms with Crippen molar-refractivity contribution in [2.45, 2.75) is 38.7 Å². The zero-order chi connectivity index (χ0) is 21.2. The standard InChI is InChI=1S/C21H22ClF3N2O2/c1-13(28)15-4-2-14(3-5-15)12-26-19-17-9-11-27(20(29)21(23,24)25)10-8-16(17)6-7-18(19)22/h2-7,20,26,29H,8-12H2,1H3. The van der Waals surface area contributed by atoms with Gasteiger partial charge in [-0.2, -0.15) is 13.2 Å². The molecule has 8 heteroatoms. The van der Waals surface area contributed by atoms with E-state index < -0.39 is 12.4 Å². The number of hydrogen-bond acceptors (Lipinski definition) is 4. The van der Waals surface area contributed by atoms with Crippen LogP contribution in [0, 0.1) is 0 Å². The smallest absolute Gasteiger partial charge is 0.380 e. The van der Waals surface area contributed by atoms with E-state index in [-0.39, 0.29) is 18.9 Å². The zero-order valence-electron chi connectivity index (χ0n) is 15.9. The van der Waals surface area contributed by atoms with Gasteiger partial charge in [0.1, 0.15) is 0 Å². The van der Waals surface area contributed by atoms with Gasteiger partial charge in [-0.25, -0.2) is 0 Å². The predicted molar refractivity (Wildman–Crippen MR) is 106 cm³/mol. The molecule has 4 nitrogen and oxygen atoms in total. The number of benzene rings is 2. The lowest BCUT2D eigenvalue weighted by atomic mass is 10.0. The van der Waals surface area contributed by atoms with E-state index in [0.29, 0.717) is 35.7 Å². The number of alkyl halides is 3. The second-order valence-electron chi connectivity index (χ2n) is 7.12. The lowest BCUT2D eigenvalue weighted by Crippen LogP contribution is -2.46. The van der Waals surface area contributed by atoms with Gasteiger partial charge < -0.3 is 10.4 Å². The Morgan fingerprint density at radius 2 is 1.83 bits per heavy atom. The first-order valence-electron chi connectivity index (χ1n) is 9.29. The third kappa shape index (κ3) is 5.10. The maximum absolute atomic E-state index is 12.9. The van der Waals surface area contributed by atoms with Crippen molar-refractivity contribution in [3.05, 3.63) is 63.7 Å². The first kappa shape index (κ1) is 21.6. The number of fused-ring (bicyclic) bond motifs is 1. The maximum atomic E-state index is 12.9. The summed E-state index contributed by atoms with van der Waals surface area (Å²) in [6, 6.07) is 10.8. The highest BCUT2D eigenvalue weighted by Gasteiger charge is 2.42. The van der Waals surface area contributed by atoms with E-state index >= 15 is 0 Å². The van der Waals surface area contributed by atoms with Crippen molar-refractivity contribution in [1.29, 1.82) is 0 Å². The van der Waals surface area contributed by atoms with Crippen LogP contribution in [0.3, 0.4) is 0 Å². The van der Waals surface area contributed by atoms with Crippen molar-refractivity contribution in [3.8, 4) is 0 Å². The summed E-state index contributed by atoms with van der Waals surface area (Å²) in [5.74, 6) is -0.00784. The minimum absolute atomic E-state index is 0.00784. The Kier molecular flexibility index (Phi) is 6.51. The summed E-state index contributed by atoms with van der Waals surface area (Å²) in [6.07, 6.45) is -6.42. The lowest BCUT2D eigenvalue weighted by Gasteiger charge is -2.27. The Morgan fingerprint density at radius 3 is 2.45 bits per heavy atom. The van der Waals surface area contributed by atoms with Crippen LogP contribution in [0.15, 0.2) is 36.4 Å². The molecule has 0 aromatic heterocycles. The number of carbonyl (C=O) groups excluding carboxylic acids is 1. The summed E-state index contributed by atoms with van der Waals surface area (Å²) < 4.78 is 38.6. The monoisotopic (exact) mass is 426 g/mol. The number of ketones is 1. The van der Waals surface area contributed by atoms with Gasteiger partial charge in [0.15, 0.2) is 5.78 Å². The second kappa shape index (κ2) is 8.73. The van der Waals surface area contributed by atoms with Crippen molar-refractivity contribution in [1.82, 2.24) is 4.90 Å². The van der Waals surface area contributed by atoms with Crippen LogP contribution in [0.2, 0.25) is 5.02 Å². The fourth-order valence-corrected chi connectivity index (χ4v) is 3.75. The number of aliphatic hydroxyl groups excluding tert-OH is 1. The van der Waals surface area contributed by atoms with E-state index in [1.807, 2.05) is 18.2 Å². The van der Waals surface area contributed by atoms with Crippen LogP contribution in [0.25, 0.3) is 0 Å². The number of hydrogen-bond donors (Lipinski definition) is 2. The van der Waals surface area contributed by atoms with E-state index in [1.165, 1.54) is 6.92 Å². The summed E-state index contributed by atoms with van der Waals surface area (Å²) in [4.78, 5) is 12.4. The highest BCUT2D eigenvalue weighted by molar-refractivity contribution is 6.33. The molecule has 29 heavy (non-hydrogen) atoms. The first-order chi connectivity index (χ1) is 13.7. The molecule has 0 aliphatic carbocycles. The Balaban J connectivity index is 1.76. The lowest BCUT2D eigenvalue weighted by molar-refractivity contribution is -0.249. The van der Waals surface area contributed by atoms with Crippen LogP contribution < -0.4 is 5.32 Å². The fourth-order valence-electron chi connectivity index (χ4n) is 3.50. The second-order valence-corrected chi connectivity index (χ2v) is 7.53. The molecule has 0 radical (unpaired) electrons. The minimum atomic E-state index is -4.68. The van der Waals surface area contributed by atoms with E-state index in [9.17, 15) is 23.1 Å². The number of aliphatic hydroxyl groups is 1. The highest BCUT2D eigenvalue weighted by atomic mass is 35.5. The molecule has 0 fully saturated rings. The number of halogens is 4. The number of nitrogens with zero attached hydrogens (tertiary/aromatic N) is 1. The molecule has 1 unspecified atom stereocenters. The molecule has 2 N–H and O–H groups in total. The first-order valence-corrected chi connectivity index (χ1v) is 9.67. The number of carbonyl (C=O) groups is 1. The number of nitrogens with one attached hydrogen (secondary N) is 1. The molecule has 1 aliphatic rings. The Hall–Kier alpha value is -2.09. The third-order valence-electron chi connectivity index (χ3n) is 5.14. The molecular weight excluding hydrogens is 405 g/mol. The topological polar surface area (TPSA) is 52.6 Å². The summed E-state index contributed by atoms with van der Waals surface area (Å²) >= 11 is 6.37. The Morgan fingerprint density at radius 1 is 1.17 bits per heavy atom. The predicted octanol–water partition coefficient (Wildman–Crippen LogP) is 4.44. The molecular formula is C21H22ClF3N2O2. The van der Waals surface area contributed by atoms with Crippen molar-refractivity contribution in [2.75, 3.05) is 18.4 Å². The van der Waals surface area contributed by atoms with Gasteiger partial charge in [-0.3, -0.25) is 9.69 Å². The number of rotatable bonds is 5. The van der Waals surface area contributed by atoms with E-state index in [0.717, 1.165) is 21.6 Å². The molecule has 0 bridgehead atoms. The van der Waals surface area contributed by atoms with Gasteiger partial charge in [0.25, 0.3) is 0 Å². The van der Waals surface area contributed by atoms with Gasteiger partial charge in [0.2, 0.25) is 6.23 Å². The van der Waals surface area contributed by atoms with E-state index in [1.54, 1.807) is 18.2 Å². The largest absolute Gasteiger partial charge is 0.428 e. The van der Waals surface area contributed by atoms with Crippen LogP contribution >= 0.6 is 11.6 Å². The zero-order valence-corrected chi connectivity index (χ0v) is 16.6. The molecule has 2 aromatic rings. The van der Waals surface area contributed by atoms with Crippen molar-refractivity contribution >= 4 is 23.1 Å². The van der Waals surface area contributed by atoms with Crippen LogP contribution in [0.4, 0.5) is 18.9 Å². The van der Waals surface area contributed by atoms with Crippen LogP contribution in [-0.4, -0.2) is 41.3 Å². The molecule has 1 atom stereocenters. The molecule has 0 saturated heterocycles. The molecule has 1 aliphatic heterocycles. The van der Waals surface area contributed by atoms with Crippen molar-refractivity contribution in [2.24, 2.45) is 0 Å². The third-order valence-corrected chi connectivity index (χ3v) is 5.46. The average molecular weight is 427 g/mol. The van der Waals surface area contributed by atoms with Crippen molar-refractivity contribution in [3.63, 3.8) is 0 Å². The molecule has 1 heterocycles. The molecule has 0 spiro atoms. The maximum Gasteiger partial charge on any atom is 0.428 e. The van der Waals surface area contributed by atoms with Gasteiger partial charge in [0, 0.05) is 25.2 Å². The van der Waals surface area contributed by atoms with Gasteiger partial charge in [0.05, 0.1) is 10.7 Å². The SMILES string of the molecule is CC(=O)c1ccc(CNc2c(Cl)ccc3c2CCN(C(O)C(F)(F)F)CC3)cc1. The summed E-state index contributed by atoms with van der Waals surface area (Å²) in [6.45, 7) is 2.16. The van der Waals surface area contributed by atoms with Crippen molar-refractivity contribution < 1.29 is 23.1 Å². The quantitative estimate of drug-likeness (QED) is 0.694. The minimum Gasteiger partial charge on any atom is -0.380 e. The highest BCUT2D eigenvalue weighted by Crippen LogP contribution is 2.33. The van der Waals surface area contributed by atoms with Crippen LogP contribution in [0.5, 0.6) is 0 Å². The van der Waals surface area contributed by atoms with Gasteiger partial charge in [-0.1, -0.05) is 41.9 Å². The average Bonchev–Trinajstić information content (AvgIpc) is 2.89. The molecule has 156 valence electrons. The van der Waals surface area contributed by atoms with Gasteiger partial charge >= 0.3 is 6.18 Å². The Labute approximate surface area is 172 Å². The summed E-state index contributed by atoms with van der Waals surface area (Å²) in [7, 11) is 0. The molecule has 2 aromatic carbocycles. The van der Waals surface area contributed by atoms with Gasteiger partial charge in [-0.05, 0) is 42.5 Å².